The molecule has 2 unspecified atom stereocenters. The van der Waals surface area contributed by atoms with Crippen LogP contribution >= 0.6 is 0 Å². The van der Waals surface area contributed by atoms with E-state index in [1.807, 2.05) is 6.92 Å². The molecule has 0 aromatic carbocycles. The van der Waals surface area contributed by atoms with E-state index in [4.69, 9.17) is 10.5 Å². The molecule has 1 aliphatic rings. The van der Waals surface area contributed by atoms with Gasteiger partial charge in [-0.15, -0.1) is 0 Å². The summed E-state index contributed by atoms with van der Waals surface area (Å²) in [5.41, 5.74) is 5.35. The van der Waals surface area contributed by atoms with Crippen molar-refractivity contribution in [2.45, 2.75) is 32.3 Å². The number of amides is 1. The predicted octanol–water partition coefficient (Wildman–Crippen LogP) is 0.267. The molecule has 0 spiro atoms. The second-order valence-electron chi connectivity index (χ2n) is 3.62. The van der Waals surface area contributed by atoms with Crippen molar-refractivity contribution in [3.8, 4) is 0 Å². The van der Waals surface area contributed by atoms with Gasteiger partial charge in [-0.1, -0.05) is 0 Å². The van der Waals surface area contributed by atoms with Gasteiger partial charge in [-0.2, -0.15) is 0 Å². The summed E-state index contributed by atoms with van der Waals surface area (Å²) in [6.07, 6.45) is 3.00. The van der Waals surface area contributed by atoms with Crippen LogP contribution in [0.1, 0.15) is 26.2 Å². The monoisotopic (exact) mass is 200 g/mol. The molecule has 82 valence electrons. The number of unbranched alkanes of at least 4 members (excludes halogenated alkanes) is 1. The highest BCUT2D eigenvalue weighted by molar-refractivity contribution is 5.81. The van der Waals surface area contributed by atoms with Crippen molar-refractivity contribution < 1.29 is 9.53 Å². The molecule has 3 N–H and O–H groups in total. The van der Waals surface area contributed by atoms with Crippen molar-refractivity contribution in [2.24, 2.45) is 11.7 Å². The van der Waals surface area contributed by atoms with Crippen molar-refractivity contribution in [1.82, 2.24) is 5.32 Å². The van der Waals surface area contributed by atoms with Crippen LogP contribution < -0.4 is 11.1 Å². The molecule has 0 saturated heterocycles. The van der Waals surface area contributed by atoms with Crippen molar-refractivity contribution in [3.63, 3.8) is 0 Å². The molecule has 1 rings (SSSR count). The van der Waals surface area contributed by atoms with Gasteiger partial charge in [0.15, 0.2) is 0 Å². The first-order chi connectivity index (χ1) is 6.79. The number of carbonyl (C=O) groups is 1. The molecule has 0 aliphatic heterocycles. The topological polar surface area (TPSA) is 64.3 Å². The minimum absolute atomic E-state index is 0.104. The van der Waals surface area contributed by atoms with Crippen LogP contribution in [-0.4, -0.2) is 31.7 Å². The zero-order valence-corrected chi connectivity index (χ0v) is 8.79. The summed E-state index contributed by atoms with van der Waals surface area (Å²) in [6.45, 7) is 4.09. The molecule has 1 amide bonds. The number of carbonyl (C=O) groups excluding carboxylic acids is 1. The Kier molecular flexibility index (Phi) is 4.90. The van der Waals surface area contributed by atoms with Crippen molar-refractivity contribution in [3.05, 3.63) is 0 Å². The Morgan fingerprint density at radius 1 is 1.57 bits per heavy atom. The summed E-state index contributed by atoms with van der Waals surface area (Å²) in [5, 5.41) is 2.89. The molecule has 0 radical (unpaired) electrons. The maximum atomic E-state index is 11.4. The molecule has 14 heavy (non-hydrogen) atoms. The fourth-order valence-corrected chi connectivity index (χ4v) is 1.46. The van der Waals surface area contributed by atoms with Crippen molar-refractivity contribution in [2.75, 3.05) is 19.7 Å². The summed E-state index contributed by atoms with van der Waals surface area (Å²) in [6, 6.07) is 0. The van der Waals surface area contributed by atoms with E-state index < -0.39 is 0 Å². The number of ether oxygens (including phenoxy) is 1. The maximum Gasteiger partial charge on any atom is 0.225 e. The zero-order chi connectivity index (χ0) is 10.4. The molecule has 0 aromatic rings. The number of rotatable bonds is 7. The lowest BCUT2D eigenvalue weighted by Gasteiger charge is -2.03. The third-order valence-corrected chi connectivity index (χ3v) is 2.38. The van der Waals surface area contributed by atoms with E-state index in [1.54, 1.807) is 0 Å². The Balaban J connectivity index is 2.00. The van der Waals surface area contributed by atoms with E-state index in [9.17, 15) is 4.79 Å². The highest BCUT2D eigenvalue weighted by Gasteiger charge is 2.43. The van der Waals surface area contributed by atoms with E-state index in [2.05, 4.69) is 5.32 Å². The van der Waals surface area contributed by atoms with Crippen LogP contribution in [0.25, 0.3) is 0 Å². The molecule has 2 atom stereocenters. The molecule has 4 heteroatoms. The highest BCUT2D eigenvalue weighted by atomic mass is 16.5. The van der Waals surface area contributed by atoms with Crippen molar-refractivity contribution >= 4 is 5.91 Å². The van der Waals surface area contributed by atoms with E-state index in [0.717, 1.165) is 25.8 Å². The van der Waals surface area contributed by atoms with E-state index in [-0.39, 0.29) is 17.9 Å². The largest absolute Gasteiger partial charge is 0.378 e. The number of hydrogen-bond donors (Lipinski definition) is 2. The van der Waals surface area contributed by atoms with Crippen LogP contribution in [0.3, 0.4) is 0 Å². The first-order valence-corrected chi connectivity index (χ1v) is 5.39. The second-order valence-corrected chi connectivity index (χ2v) is 3.62. The second kappa shape index (κ2) is 5.98. The summed E-state index contributed by atoms with van der Waals surface area (Å²) in [7, 11) is 0. The Morgan fingerprint density at radius 3 is 3.00 bits per heavy atom. The van der Waals surface area contributed by atoms with E-state index in [1.165, 1.54) is 0 Å². The molecular weight excluding hydrogens is 180 g/mol. The minimum Gasteiger partial charge on any atom is -0.378 e. The quantitative estimate of drug-likeness (QED) is 0.580. The van der Waals surface area contributed by atoms with Gasteiger partial charge in [-0.05, 0) is 32.7 Å². The van der Waals surface area contributed by atoms with Gasteiger partial charge in [0.1, 0.15) is 0 Å². The highest BCUT2D eigenvalue weighted by Crippen LogP contribution is 2.33. The SMILES string of the molecule is CCOC1CC1C(=O)NCCCCN. The first kappa shape index (κ1) is 11.5. The smallest absolute Gasteiger partial charge is 0.225 e. The molecule has 0 heterocycles. The van der Waals surface area contributed by atoms with Gasteiger partial charge in [0.25, 0.3) is 0 Å². The number of nitrogens with two attached hydrogens (primary N) is 1. The van der Waals surface area contributed by atoms with Crippen LogP contribution in [-0.2, 0) is 9.53 Å². The molecule has 4 nitrogen and oxygen atoms in total. The van der Waals surface area contributed by atoms with Crippen LogP contribution in [0.15, 0.2) is 0 Å². The zero-order valence-electron chi connectivity index (χ0n) is 8.79. The summed E-state index contributed by atoms with van der Waals surface area (Å²) >= 11 is 0. The lowest BCUT2D eigenvalue weighted by molar-refractivity contribution is -0.123. The summed E-state index contributed by atoms with van der Waals surface area (Å²) in [4.78, 5) is 11.4. The van der Waals surface area contributed by atoms with Gasteiger partial charge >= 0.3 is 0 Å². The molecular formula is C10H20N2O2. The van der Waals surface area contributed by atoms with Gasteiger partial charge in [0.2, 0.25) is 5.91 Å². The fourth-order valence-electron chi connectivity index (χ4n) is 1.46. The fraction of sp³-hybridized carbons (Fsp3) is 0.900. The summed E-state index contributed by atoms with van der Waals surface area (Å²) < 4.78 is 5.33. The molecule has 1 saturated carbocycles. The van der Waals surface area contributed by atoms with Gasteiger partial charge in [0, 0.05) is 13.2 Å². The maximum absolute atomic E-state index is 11.4. The normalized spacial score (nSPS) is 24.7. The Hall–Kier alpha value is -0.610. The average Bonchev–Trinajstić information content (AvgIpc) is 2.92. The lowest BCUT2D eigenvalue weighted by atomic mass is 10.3. The van der Waals surface area contributed by atoms with Crippen LogP contribution in [0.4, 0.5) is 0 Å². The van der Waals surface area contributed by atoms with Gasteiger partial charge in [0.05, 0.1) is 12.0 Å². The molecule has 1 aliphatic carbocycles. The van der Waals surface area contributed by atoms with Gasteiger partial charge in [-0.25, -0.2) is 0 Å². The standard InChI is InChI=1S/C10H20N2O2/c1-2-14-9-7-8(9)10(13)12-6-4-3-5-11/h8-9H,2-7,11H2,1H3,(H,12,13). The van der Waals surface area contributed by atoms with Crippen LogP contribution in [0.5, 0.6) is 0 Å². The average molecular weight is 200 g/mol. The van der Waals surface area contributed by atoms with Gasteiger partial charge < -0.3 is 15.8 Å². The lowest BCUT2D eigenvalue weighted by Crippen LogP contribution is -2.27. The molecule has 0 aromatic heterocycles. The molecule has 0 bridgehead atoms. The van der Waals surface area contributed by atoms with E-state index in [0.29, 0.717) is 13.2 Å². The number of hydrogen-bond acceptors (Lipinski definition) is 3. The van der Waals surface area contributed by atoms with Gasteiger partial charge in [-0.3, -0.25) is 4.79 Å². The van der Waals surface area contributed by atoms with Crippen LogP contribution in [0, 0.1) is 5.92 Å². The van der Waals surface area contributed by atoms with Crippen molar-refractivity contribution in [1.29, 1.82) is 0 Å². The third kappa shape index (κ3) is 3.64. The molecule has 1 fully saturated rings. The Bertz CT molecular complexity index is 185. The van der Waals surface area contributed by atoms with Crippen LogP contribution in [0.2, 0.25) is 0 Å². The number of nitrogens with one attached hydrogen (secondary N) is 1. The Morgan fingerprint density at radius 2 is 2.36 bits per heavy atom. The first-order valence-electron chi connectivity index (χ1n) is 5.39. The minimum atomic E-state index is 0.104. The predicted molar refractivity (Wildman–Crippen MR) is 54.8 cm³/mol. The third-order valence-electron chi connectivity index (χ3n) is 2.38. The Labute approximate surface area is 85.2 Å². The summed E-state index contributed by atoms with van der Waals surface area (Å²) in [5.74, 6) is 0.244. The van der Waals surface area contributed by atoms with E-state index >= 15 is 0 Å².